The second kappa shape index (κ2) is 5.01. The fraction of sp³-hybridized carbons (Fsp3) is 0.267. The molecule has 1 N–H and O–H groups in total. The number of nitrogens with one attached hydrogen (secondary N) is 1. The number of benzene rings is 1. The third kappa shape index (κ3) is 2.02. The fourth-order valence-electron chi connectivity index (χ4n) is 2.86. The third-order valence-corrected chi connectivity index (χ3v) is 3.91. The van der Waals surface area contributed by atoms with Gasteiger partial charge < -0.3 is 19.5 Å². The van der Waals surface area contributed by atoms with Crippen LogP contribution in [-0.4, -0.2) is 34.6 Å². The number of hydrogen-bond donors (Lipinski definition) is 1. The van der Waals surface area contributed by atoms with Crippen molar-refractivity contribution in [2.24, 2.45) is 0 Å². The number of esters is 1. The minimum atomic E-state index is -0.448. The van der Waals surface area contributed by atoms with Gasteiger partial charge in [-0.05, 0) is 24.6 Å². The van der Waals surface area contributed by atoms with Crippen LogP contribution in [0.15, 0.2) is 35.8 Å². The topological polar surface area (TPSA) is 87.5 Å². The highest BCUT2D eigenvalue weighted by Crippen LogP contribution is 2.40. The second-order valence-electron chi connectivity index (χ2n) is 5.20. The lowest BCUT2D eigenvalue weighted by atomic mass is 9.95. The smallest absolute Gasteiger partial charge is 0.338 e. The van der Waals surface area contributed by atoms with Crippen LogP contribution in [0.25, 0.3) is 0 Å². The van der Waals surface area contributed by atoms with Crippen molar-refractivity contribution in [3.63, 3.8) is 0 Å². The van der Waals surface area contributed by atoms with E-state index in [-0.39, 0.29) is 6.79 Å². The van der Waals surface area contributed by atoms with E-state index in [9.17, 15) is 4.79 Å². The second-order valence-corrected chi connectivity index (χ2v) is 5.20. The number of ether oxygens (including phenoxy) is 3. The summed E-state index contributed by atoms with van der Waals surface area (Å²) < 4.78 is 17.4. The molecule has 2 aliphatic heterocycles. The summed E-state index contributed by atoms with van der Waals surface area (Å²) in [4.78, 5) is 16.5. The first-order valence-electron chi connectivity index (χ1n) is 7.04. The van der Waals surface area contributed by atoms with Crippen LogP contribution < -0.4 is 14.8 Å². The van der Waals surface area contributed by atoms with Crippen molar-refractivity contribution in [3.8, 4) is 11.5 Å². The van der Waals surface area contributed by atoms with Crippen LogP contribution in [0.4, 0.5) is 5.95 Å². The summed E-state index contributed by atoms with van der Waals surface area (Å²) >= 11 is 0. The Bertz CT molecular complexity index is 827. The van der Waals surface area contributed by atoms with Gasteiger partial charge in [-0.2, -0.15) is 10.1 Å². The van der Waals surface area contributed by atoms with Gasteiger partial charge in [-0.1, -0.05) is 6.07 Å². The molecule has 4 rings (SSSR count). The molecule has 0 saturated carbocycles. The lowest BCUT2D eigenvalue weighted by molar-refractivity contribution is -0.136. The van der Waals surface area contributed by atoms with E-state index >= 15 is 0 Å². The summed E-state index contributed by atoms with van der Waals surface area (Å²) in [5, 5.41) is 7.31. The van der Waals surface area contributed by atoms with Gasteiger partial charge in [-0.15, -0.1) is 0 Å². The number of carbonyl (C=O) groups is 1. The van der Waals surface area contributed by atoms with Crippen molar-refractivity contribution in [1.29, 1.82) is 0 Å². The first-order chi connectivity index (χ1) is 11.2. The zero-order chi connectivity index (χ0) is 16.0. The molecule has 0 fully saturated rings. The Balaban J connectivity index is 1.88. The maximum Gasteiger partial charge on any atom is 0.338 e. The maximum absolute atomic E-state index is 12.3. The van der Waals surface area contributed by atoms with Gasteiger partial charge in [-0.25, -0.2) is 9.48 Å². The van der Waals surface area contributed by atoms with Gasteiger partial charge >= 0.3 is 5.97 Å². The molecule has 118 valence electrons. The maximum atomic E-state index is 12.3. The van der Waals surface area contributed by atoms with Crippen molar-refractivity contribution < 1.29 is 19.0 Å². The van der Waals surface area contributed by atoms with Crippen molar-refractivity contribution in [3.05, 3.63) is 41.4 Å². The summed E-state index contributed by atoms with van der Waals surface area (Å²) in [6.07, 6.45) is 1.44. The SMILES string of the molecule is COC(=O)C1=C(C)Nc2ncnn2[C@H]1c1ccc2c(c1)OCO2. The molecule has 2 aromatic rings. The molecular weight excluding hydrogens is 300 g/mol. The normalized spacial score (nSPS) is 18.4. The number of anilines is 1. The van der Waals surface area contributed by atoms with E-state index in [4.69, 9.17) is 14.2 Å². The Kier molecular flexibility index (Phi) is 2.97. The highest BCUT2D eigenvalue weighted by Gasteiger charge is 2.34. The average Bonchev–Trinajstić information content (AvgIpc) is 3.20. The van der Waals surface area contributed by atoms with Gasteiger partial charge in [0.15, 0.2) is 11.5 Å². The largest absolute Gasteiger partial charge is 0.466 e. The zero-order valence-electron chi connectivity index (χ0n) is 12.6. The molecule has 0 spiro atoms. The van der Waals surface area contributed by atoms with Gasteiger partial charge in [0.05, 0.1) is 12.7 Å². The molecule has 1 atom stereocenters. The molecule has 2 aliphatic rings. The van der Waals surface area contributed by atoms with E-state index in [2.05, 4.69) is 15.4 Å². The van der Waals surface area contributed by atoms with E-state index in [0.717, 1.165) is 5.56 Å². The van der Waals surface area contributed by atoms with E-state index in [1.165, 1.54) is 13.4 Å². The predicted octanol–water partition coefficient (Wildman–Crippen LogP) is 1.47. The lowest BCUT2D eigenvalue weighted by Crippen LogP contribution is -2.29. The Morgan fingerprint density at radius 2 is 2.22 bits per heavy atom. The molecule has 0 amide bonds. The van der Waals surface area contributed by atoms with Crippen LogP contribution in [0, 0.1) is 0 Å². The number of allylic oxidation sites excluding steroid dienone is 1. The van der Waals surface area contributed by atoms with Crippen molar-refractivity contribution in [1.82, 2.24) is 14.8 Å². The summed E-state index contributed by atoms with van der Waals surface area (Å²) in [5.74, 6) is 1.48. The summed E-state index contributed by atoms with van der Waals surface area (Å²) in [6.45, 7) is 2.00. The first-order valence-corrected chi connectivity index (χ1v) is 7.04. The number of fused-ring (bicyclic) bond motifs is 2. The molecule has 0 aliphatic carbocycles. The third-order valence-electron chi connectivity index (χ3n) is 3.91. The van der Waals surface area contributed by atoms with E-state index in [1.54, 1.807) is 4.68 Å². The van der Waals surface area contributed by atoms with Crippen molar-refractivity contribution in [2.75, 3.05) is 19.2 Å². The summed E-state index contributed by atoms with van der Waals surface area (Å²) in [5.41, 5.74) is 1.99. The molecule has 0 unspecified atom stereocenters. The highest BCUT2D eigenvalue weighted by molar-refractivity contribution is 5.92. The quantitative estimate of drug-likeness (QED) is 0.840. The molecular formula is C15H14N4O4. The van der Waals surface area contributed by atoms with Gasteiger partial charge in [0.1, 0.15) is 12.4 Å². The molecule has 8 nitrogen and oxygen atoms in total. The Morgan fingerprint density at radius 1 is 1.39 bits per heavy atom. The number of carbonyl (C=O) groups excluding carboxylic acids is 1. The van der Waals surface area contributed by atoms with Crippen LogP contribution in [0.2, 0.25) is 0 Å². The van der Waals surface area contributed by atoms with E-state index in [1.807, 2.05) is 25.1 Å². The van der Waals surface area contributed by atoms with Gasteiger partial charge in [-0.3, -0.25) is 0 Å². The van der Waals surface area contributed by atoms with Crippen molar-refractivity contribution in [2.45, 2.75) is 13.0 Å². The predicted molar refractivity (Wildman–Crippen MR) is 79.1 cm³/mol. The molecule has 0 saturated heterocycles. The van der Waals surface area contributed by atoms with Gasteiger partial charge in [0.2, 0.25) is 12.7 Å². The van der Waals surface area contributed by atoms with Gasteiger partial charge in [0, 0.05) is 5.70 Å². The van der Waals surface area contributed by atoms with E-state index in [0.29, 0.717) is 28.7 Å². The number of aromatic nitrogens is 3. The Hall–Kier alpha value is -3.03. The number of methoxy groups -OCH3 is 1. The van der Waals surface area contributed by atoms with Gasteiger partial charge in [0.25, 0.3) is 0 Å². The standard InChI is InChI=1S/C15H14N4O4/c1-8-12(14(20)21-2)13(19-15(18-8)16-6-17-19)9-3-4-10-11(5-9)23-7-22-10/h3-6,13H,7H2,1-2H3,(H,16,17,18)/t13-/m0/s1. The molecule has 8 heteroatoms. The molecule has 0 radical (unpaired) electrons. The van der Waals surface area contributed by atoms with Crippen LogP contribution in [0.3, 0.4) is 0 Å². The monoisotopic (exact) mass is 314 g/mol. The minimum absolute atomic E-state index is 0.193. The van der Waals surface area contributed by atoms with E-state index < -0.39 is 12.0 Å². The first kappa shape index (κ1) is 13.6. The van der Waals surface area contributed by atoms with Crippen molar-refractivity contribution >= 4 is 11.9 Å². The molecule has 3 heterocycles. The average molecular weight is 314 g/mol. The van der Waals surface area contributed by atoms with Crippen LogP contribution in [0.1, 0.15) is 18.5 Å². The molecule has 0 bridgehead atoms. The Labute approximate surface area is 131 Å². The number of rotatable bonds is 2. The lowest BCUT2D eigenvalue weighted by Gasteiger charge is -2.27. The summed E-state index contributed by atoms with van der Waals surface area (Å²) in [7, 11) is 1.36. The summed E-state index contributed by atoms with van der Waals surface area (Å²) in [6, 6.07) is 5.10. The zero-order valence-corrected chi connectivity index (χ0v) is 12.6. The van der Waals surface area contributed by atoms with Crippen LogP contribution in [0.5, 0.6) is 11.5 Å². The Morgan fingerprint density at radius 3 is 3.04 bits per heavy atom. The molecule has 1 aromatic carbocycles. The van der Waals surface area contributed by atoms with Crippen LogP contribution in [-0.2, 0) is 9.53 Å². The fourth-order valence-corrected chi connectivity index (χ4v) is 2.86. The number of nitrogens with zero attached hydrogens (tertiary/aromatic N) is 3. The number of hydrogen-bond acceptors (Lipinski definition) is 7. The van der Waals surface area contributed by atoms with Crippen LogP contribution >= 0.6 is 0 Å². The minimum Gasteiger partial charge on any atom is -0.466 e. The highest BCUT2D eigenvalue weighted by atomic mass is 16.7. The molecule has 1 aromatic heterocycles. The molecule has 23 heavy (non-hydrogen) atoms.